The lowest BCUT2D eigenvalue weighted by molar-refractivity contribution is 0.0981. The minimum absolute atomic E-state index is 0.147. The van der Waals surface area contributed by atoms with Crippen molar-refractivity contribution in [1.82, 2.24) is 9.55 Å². The number of hydrogen-bond donors (Lipinski definition) is 0. The lowest BCUT2D eigenvalue weighted by Gasteiger charge is -2.22. The number of aromatic nitrogens is 2. The smallest absolute Gasteiger partial charge is 0.276 e. The summed E-state index contributed by atoms with van der Waals surface area (Å²) >= 11 is 1.44. The van der Waals surface area contributed by atoms with Gasteiger partial charge in [-0.25, -0.2) is 9.37 Å². The Morgan fingerprint density at radius 1 is 1.16 bits per heavy atom. The Morgan fingerprint density at radius 2 is 1.84 bits per heavy atom. The molecule has 3 rings (SSSR count). The van der Waals surface area contributed by atoms with Gasteiger partial charge in [0.15, 0.2) is 5.16 Å². The predicted octanol–water partition coefficient (Wildman–Crippen LogP) is 4.40. The summed E-state index contributed by atoms with van der Waals surface area (Å²) in [6.45, 7) is 2.46. The van der Waals surface area contributed by atoms with Gasteiger partial charge >= 0.3 is 0 Å². The Morgan fingerprint density at radius 3 is 2.44 bits per heavy atom. The van der Waals surface area contributed by atoms with Crippen molar-refractivity contribution in [2.45, 2.75) is 12.1 Å². The van der Waals surface area contributed by atoms with E-state index in [-0.39, 0.29) is 11.7 Å². The van der Waals surface area contributed by atoms with Gasteiger partial charge in [0.2, 0.25) is 0 Å². The molecular weight excluding hydrogens is 337 g/mol. The van der Waals surface area contributed by atoms with Crippen molar-refractivity contribution in [3.63, 3.8) is 0 Å². The molecule has 128 valence electrons. The number of hydrogen-bond acceptors (Lipinski definition) is 3. The summed E-state index contributed by atoms with van der Waals surface area (Å²) < 4.78 is 15.0. The number of benzene rings is 2. The lowest BCUT2D eigenvalue weighted by Crippen LogP contribution is -2.32. The van der Waals surface area contributed by atoms with Crippen molar-refractivity contribution >= 4 is 23.4 Å². The summed E-state index contributed by atoms with van der Waals surface area (Å²) in [4.78, 5) is 19.2. The molecule has 0 aliphatic carbocycles. The second-order valence-electron chi connectivity index (χ2n) is 5.33. The van der Waals surface area contributed by atoms with Crippen LogP contribution < -0.4 is 4.90 Å². The molecule has 0 saturated heterocycles. The van der Waals surface area contributed by atoms with Gasteiger partial charge in [-0.2, -0.15) is 0 Å². The summed E-state index contributed by atoms with van der Waals surface area (Å²) in [6, 6.07) is 15.6. The van der Waals surface area contributed by atoms with Gasteiger partial charge < -0.3 is 4.90 Å². The fourth-order valence-corrected chi connectivity index (χ4v) is 3.20. The summed E-state index contributed by atoms with van der Waals surface area (Å²) in [6.07, 6.45) is 3.47. The average molecular weight is 355 g/mol. The van der Waals surface area contributed by atoms with Crippen molar-refractivity contribution in [1.29, 1.82) is 0 Å². The van der Waals surface area contributed by atoms with E-state index in [0.717, 1.165) is 5.69 Å². The number of halogens is 1. The lowest BCUT2D eigenvalue weighted by atomic mass is 10.2. The van der Waals surface area contributed by atoms with E-state index in [1.165, 1.54) is 23.9 Å². The number of carbonyl (C=O) groups is 1. The molecule has 0 bridgehead atoms. The number of imidazole rings is 1. The van der Waals surface area contributed by atoms with Gasteiger partial charge in [-0.1, -0.05) is 30.0 Å². The summed E-state index contributed by atoms with van der Waals surface area (Å²) in [5, 5.41) is 0.680. The highest BCUT2D eigenvalue weighted by Gasteiger charge is 2.23. The maximum Gasteiger partial charge on any atom is 0.276 e. The number of amides is 1. The van der Waals surface area contributed by atoms with E-state index in [4.69, 9.17) is 0 Å². The first-order valence-electron chi connectivity index (χ1n) is 7.90. The van der Waals surface area contributed by atoms with Crippen LogP contribution in [0.15, 0.2) is 66.0 Å². The molecule has 1 amide bonds. The number of anilines is 1. The van der Waals surface area contributed by atoms with Crippen molar-refractivity contribution < 1.29 is 9.18 Å². The largest absolute Gasteiger partial charge is 0.307 e. The fourth-order valence-electron chi connectivity index (χ4n) is 2.66. The Kier molecular flexibility index (Phi) is 5.19. The molecule has 0 N–H and O–H groups in total. The van der Waals surface area contributed by atoms with Crippen LogP contribution in [-0.4, -0.2) is 28.3 Å². The van der Waals surface area contributed by atoms with Crippen LogP contribution in [0.25, 0.3) is 5.69 Å². The number of carbonyl (C=O) groups excluding carboxylic acids is 1. The molecule has 0 aliphatic heterocycles. The van der Waals surface area contributed by atoms with E-state index in [9.17, 15) is 9.18 Å². The second-order valence-corrected chi connectivity index (χ2v) is 6.10. The van der Waals surface area contributed by atoms with E-state index in [0.29, 0.717) is 23.1 Å². The molecule has 0 spiro atoms. The number of para-hydroxylation sites is 1. The Hall–Kier alpha value is -2.60. The van der Waals surface area contributed by atoms with Crippen molar-refractivity contribution in [3.8, 4) is 5.69 Å². The van der Waals surface area contributed by atoms with Gasteiger partial charge in [0, 0.05) is 17.9 Å². The van der Waals surface area contributed by atoms with Crippen LogP contribution >= 0.6 is 11.8 Å². The first-order chi connectivity index (χ1) is 12.2. The van der Waals surface area contributed by atoms with Gasteiger partial charge in [0.05, 0.1) is 6.20 Å². The maximum absolute atomic E-state index is 13.3. The molecule has 3 aromatic rings. The normalized spacial score (nSPS) is 10.7. The number of nitrogens with zero attached hydrogens (tertiary/aromatic N) is 3. The van der Waals surface area contributed by atoms with E-state index >= 15 is 0 Å². The summed E-state index contributed by atoms with van der Waals surface area (Å²) in [5.74, 6) is -0.465. The monoisotopic (exact) mass is 355 g/mol. The highest BCUT2D eigenvalue weighted by Crippen LogP contribution is 2.24. The third kappa shape index (κ3) is 3.44. The number of rotatable bonds is 5. The van der Waals surface area contributed by atoms with E-state index in [2.05, 4.69) is 4.98 Å². The van der Waals surface area contributed by atoms with Crippen LogP contribution in [0, 0.1) is 5.82 Å². The number of thioether (sulfide) groups is 1. The highest BCUT2D eigenvalue weighted by molar-refractivity contribution is 7.98. The first kappa shape index (κ1) is 17.2. The van der Waals surface area contributed by atoms with Crippen LogP contribution in [0.2, 0.25) is 0 Å². The van der Waals surface area contributed by atoms with Crippen molar-refractivity contribution in [3.05, 3.63) is 72.3 Å². The fraction of sp³-hybridized carbons (Fsp3) is 0.158. The average Bonchev–Trinajstić information content (AvgIpc) is 3.08. The van der Waals surface area contributed by atoms with E-state index in [1.807, 2.05) is 43.5 Å². The van der Waals surface area contributed by atoms with Crippen LogP contribution in [0.4, 0.5) is 10.1 Å². The van der Waals surface area contributed by atoms with Crippen LogP contribution in [-0.2, 0) is 0 Å². The molecule has 1 heterocycles. The molecule has 0 aliphatic rings. The molecule has 0 saturated carbocycles. The maximum atomic E-state index is 13.3. The third-order valence-electron chi connectivity index (χ3n) is 3.85. The molecule has 0 fully saturated rings. The Balaban J connectivity index is 2.06. The molecule has 4 nitrogen and oxygen atoms in total. The minimum Gasteiger partial charge on any atom is -0.307 e. The summed E-state index contributed by atoms with van der Waals surface area (Å²) in [5.41, 5.74) is 1.98. The molecule has 0 radical (unpaired) electrons. The molecule has 1 aromatic heterocycles. The van der Waals surface area contributed by atoms with Gasteiger partial charge in [0.1, 0.15) is 11.5 Å². The molecular formula is C19H18FN3OS. The zero-order valence-electron chi connectivity index (χ0n) is 14.0. The molecule has 2 aromatic carbocycles. The van der Waals surface area contributed by atoms with Crippen molar-refractivity contribution in [2.24, 2.45) is 0 Å². The van der Waals surface area contributed by atoms with Crippen molar-refractivity contribution in [2.75, 3.05) is 17.7 Å². The van der Waals surface area contributed by atoms with E-state index in [1.54, 1.807) is 27.8 Å². The van der Waals surface area contributed by atoms with Gasteiger partial charge in [-0.15, -0.1) is 0 Å². The first-order valence-corrected chi connectivity index (χ1v) is 9.12. The van der Waals surface area contributed by atoms with E-state index < -0.39 is 0 Å². The third-order valence-corrected chi connectivity index (χ3v) is 4.50. The Bertz CT molecular complexity index is 862. The molecule has 6 heteroatoms. The minimum atomic E-state index is -0.318. The Labute approximate surface area is 150 Å². The molecule has 0 atom stereocenters. The van der Waals surface area contributed by atoms with Crippen LogP contribution in [0.3, 0.4) is 0 Å². The zero-order valence-corrected chi connectivity index (χ0v) is 14.8. The highest BCUT2D eigenvalue weighted by atomic mass is 32.2. The topological polar surface area (TPSA) is 38.1 Å². The van der Waals surface area contributed by atoms with Crippen LogP contribution in [0.1, 0.15) is 17.4 Å². The SMILES string of the molecule is CCN(C(=O)c1cnc(SC)n1-c1ccc(F)cc1)c1ccccc1. The molecule has 0 unspecified atom stereocenters. The van der Waals surface area contributed by atoms with Gasteiger partial charge in [-0.3, -0.25) is 9.36 Å². The second kappa shape index (κ2) is 7.53. The standard InChI is InChI=1S/C19H18FN3OS/c1-3-22(15-7-5-4-6-8-15)18(24)17-13-21-19(25-2)23(17)16-11-9-14(20)10-12-16/h4-13H,3H2,1-2H3. The predicted molar refractivity (Wildman–Crippen MR) is 99.1 cm³/mol. The van der Waals surface area contributed by atoms with Gasteiger partial charge in [-0.05, 0) is 49.6 Å². The zero-order chi connectivity index (χ0) is 17.8. The molecule has 25 heavy (non-hydrogen) atoms. The van der Waals surface area contributed by atoms with Gasteiger partial charge in [0.25, 0.3) is 5.91 Å². The summed E-state index contributed by atoms with van der Waals surface area (Å²) in [7, 11) is 0. The van der Waals surface area contributed by atoms with Crippen LogP contribution in [0.5, 0.6) is 0 Å². The quantitative estimate of drug-likeness (QED) is 0.637.